The summed E-state index contributed by atoms with van der Waals surface area (Å²) in [6.45, 7) is 2.06. The van der Waals surface area contributed by atoms with Gasteiger partial charge in [-0.05, 0) is 24.1 Å². The van der Waals surface area contributed by atoms with Crippen LogP contribution in [0.3, 0.4) is 0 Å². The monoisotopic (exact) mass is 308 g/mol. The van der Waals surface area contributed by atoms with Crippen molar-refractivity contribution in [1.82, 2.24) is 9.78 Å². The summed E-state index contributed by atoms with van der Waals surface area (Å²) in [7, 11) is 1.87. The van der Waals surface area contributed by atoms with Gasteiger partial charge in [0.15, 0.2) is 0 Å². The molecule has 1 heterocycles. The van der Waals surface area contributed by atoms with Gasteiger partial charge in [-0.1, -0.05) is 41.1 Å². The number of halogens is 1. The number of nitrogens with zero attached hydrogens (tertiary/aromatic N) is 2. The van der Waals surface area contributed by atoms with E-state index < -0.39 is 6.10 Å². The van der Waals surface area contributed by atoms with Crippen LogP contribution < -0.4 is 0 Å². The smallest absolute Gasteiger partial charge is 0.0997 e. The van der Waals surface area contributed by atoms with Crippen molar-refractivity contribution in [2.45, 2.75) is 25.9 Å². The summed E-state index contributed by atoms with van der Waals surface area (Å²) >= 11 is 3.50. The van der Waals surface area contributed by atoms with Gasteiger partial charge in [0, 0.05) is 17.9 Å². The average molecular weight is 309 g/mol. The molecule has 0 aliphatic rings. The van der Waals surface area contributed by atoms with E-state index in [1.54, 1.807) is 4.68 Å². The van der Waals surface area contributed by atoms with E-state index in [4.69, 9.17) is 0 Å². The van der Waals surface area contributed by atoms with Crippen LogP contribution in [-0.4, -0.2) is 14.9 Å². The molecule has 2 aromatic rings. The third-order valence-corrected chi connectivity index (χ3v) is 3.81. The van der Waals surface area contributed by atoms with Gasteiger partial charge >= 0.3 is 0 Å². The van der Waals surface area contributed by atoms with Crippen LogP contribution in [0.2, 0.25) is 0 Å². The zero-order valence-corrected chi connectivity index (χ0v) is 12.2. The molecule has 1 atom stereocenters. The van der Waals surface area contributed by atoms with Crippen molar-refractivity contribution in [3.8, 4) is 0 Å². The summed E-state index contributed by atoms with van der Waals surface area (Å²) in [5.41, 5.74) is 2.98. The van der Waals surface area contributed by atoms with E-state index in [-0.39, 0.29) is 0 Å². The van der Waals surface area contributed by atoms with Crippen molar-refractivity contribution in [3.63, 3.8) is 0 Å². The highest BCUT2D eigenvalue weighted by molar-refractivity contribution is 9.10. The molecule has 0 saturated heterocycles. The van der Waals surface area contributed by atoms with E-state index in [2.05, 4.69) is 28.0 Å². The van der Waals surface area contributed by atoms with Gasteiger partial charge in [-0.15, -0.1) is 0 Å². The number of hydrogen-bond acceptors (Lipinski definition) is 2. The van der Waals surface area contributed by atoms with Crippen LogP contribution in [0.15, 0.2) is 34.8 Å². The highest BCUT2D eigenvalue weighted by Gasteiger charge is 2.15. The highest BCUT2D eigenvalue weighted by Crippen LogP contribution is 2.24. The average Bonchev–Trinajstić information content (AvgIpc) is 2.73. The molecule has 4 heteroatoms. The third-order valence-electron chi connectivity index (χ3n) is 3.04. The second-order valence-corrected chi connectivity index (χ2v) is 5.20. The van der Waals surface area contributed by atoms with Crippen LogP contribution in [0.5, 0.6) is 0 Å². The van der Waals surface area contributed by atoms with Gasteiger partial charge in [0.25, 0.3) is 0 Å². The number of rotatable bonds is 4. The Hall–Kier alpha value is -1.13. The van der Waals surface area contributed by atoms with Crippen molar-refractivity contribution in [3.05, 3.63) is 51.8 Å². The Bertz CT molecular complexity index is 536. The lowest BCUT2D eigenvalue weighted by molar-refractivity contribution is 0.168. The second-order valence-electron chi connectivity index (χ2n) is 4.35. The maximum Gasteiger partial charge on any atom is 0.0997 e. The fourth-order valence-corrected chi connectivity index (χ4v) is 2.45. The van der Waals surface area contributed by atoms with Crippen LogP contribution in [-0.2, 0) is 19.9 Å². The van der Waals surface area contributed by atoms with Gasteiger partial charge in [-0.25, -0.2) is 0 Å². The molecule has 1 N–H and O–H groups in total. The zero-order chi connectivity index (χ0) is 13.1. The van der Waals surface area contributed by atoms with Gasteiger partial charge in [0.2, 0.25) is 0 Å². The first-order valence-corrected chi connectivity index (χ1v) is 6.85. The molecule has 1 aromatic carbocycles. The molecule has 1 unspecified atom stereocenters. The van der Waals surface area contributed by atoms with Gasteiger partial charge in [-0.3, -0.25) is 4.68 Å². The van der Waals surface area contributed by atoms with Crippen LogP contribution in [0.25, 0.3) is 0 Å². The Morgan fingerprint density at radius 2 is 2.11 bits per heavy atom. The first kappa shape index (κ1) is 13.3. The number of aryl methyl sites for hydroxylation is 2. The molecule has 0 aliphatic carbocycles. The first-order valence-electron chi connectivity index (χ1n) is 6.06. The lowest BCUT2D eigenvalue weighted by Gasteiger charge is -2.12. The summed E-state index contributed by atoms with van der Waals surface area (Å²) < 4.78 is 2.79. The molecule has 96 valence electrons. The van der Waals surface area contributed by atoms with E-state index in [0.29, 0.717) is 6.42 Å². The molecule has 2 rings (SSSR count). The van der Waals surface area contributed by atoms with Crippen LogP contribution in [0.1, 0.15) is 30.0 Å². The Balaban J connectivity index is 2.19. The molecule has 0 aliphatic heterocycles. The SMILES string of the molecule is CCc1cc(C(O)Cc2ccccc2Br)n(C)n1. The Morgan fingerprint density at radius 3 is 2.72 bits per heavy atom. The van der Waals surface area contributed by atoms with E-state index in [1.165, 1.54) is 0 Å². The van der Waals surface area contributed by atoms with E-state index in [0.717, 1.165) is 27.8 Å². The Morgan fingerprint density at radius 1 is 1.39 bits per heavy atom. The minimum atomic E-state index is -0.526. The topological polar surface area (TPSA) is 38.0 Å². The summed E-state index contributed by atoms with van der Waals surface area (Å²) in [5, 5.41) is 14.7. The Kier molecular flexibility index (Phi) is 4.19. The maximum absolute atomic E-state index is 10.3. The van der Waals surface area contributed by atoms with E-state index in [1.807, 2.05) is 37.4 Å². The standard InChI is InChI=1S/C14H17BrN2O/c1-3-11-9-13(17(2)16-11)14(18)8-10-6-4-5-7-12(10)15/h4-7,9,14,18H,3,8H2,1-2H3. The molecule has 0 radical (unpaired) electrons. The van der Waals surface area contributed by atoms with Crippen LogP contribution in [0, 0.1) is 0 Å². The summed E-state index contributed by atoms with van der Waals surface area (Å²) in [5.74, 6) is 0. The molecule has 1 aromatic heterocycles. The summed E-state index contributed by atoms with van der Waals surface area (Å²) in [6.07, 6.45) is 0.946. The Labute approximate surface area is 116 Å². The molecule has 0 fully saturated rings. The van der Waals surface area contributed by atoms with Crippen molar-refractivity contribution < 1.29 is 5.11 Å². The molecule has 0 amide bonds. The van der Waals surface area contributed by atoms with Crippen LogP contribution in [0.4, 0.5) is 0 Å². The van der Waals surface area contributed by atoms with Crippen molar-refractivity contribution in [2.24, 2.45) is 7.05 Å². The number of aliphatic hydroxyl groups excluding tert-OH is 1. The lowest BCUT2D eigenvalue weighted by Crippen LogP contribution is -2.08. The molecule has 0 spiro atoms. The summed E-state index contributed by atoms with van der Waals surface area (Å²) in [4.78, 5) is 0. The van der Waals surface area contributed by atoms with E-state index in [9.17, 15) is 5.11 Å². The maximum atomic E-state index is 10.3. The normalized spacial score (nSPS) is 12.7. The molecular formula is C14H17BrN2O. The number of aromatic nitrogens is 2. The lowest BCUT2D eigenvalue weighted by atomic mass is 10.1. The van der Waals surface area contributed by atoms with Crippen molar-refractivity contribution in [1.29, 1.82) is 0 Å². The van der Waals surface area contributed by atoms with Crippen LogP contribution >= 0.6 is 15.9 Å². The van der Waals surface area contributed by atoms with Gasteiger partial charge in [-0.2, -0.15) is 5.10 Å². The van der Waals surface area contributed by atoms with Crippen molar-refractivity contribution >= 4 is 15.9 Å². The predicted octanol–water partition coefficient (Wildman–Crippen LogP) is 3.02. The molecule has 18 heavy (non-hydrogen) atoms. The highest BCUT2D eigenvalue weighted by atomic mass is 79.9. The molecule has 0 bridgehead atoms. The second kappa shape index (κ2) is 5.67. The fourth-order valence-electron chi connectivity index (χ4n) is 2.00. The quantitative estimate of drug-likeness (QED) is 0.943. The van der Waals surface area contributed by atoms with Crippen molar-refractivity contribution in [2.75, 3.05) is 0 Å². The van der Waals surface area contributed by atoms with Gasteiger partial charge < -0.3 is 5.11 Å². The van der Waals surface area contributed by atoms with Gasteiger partial charge in [0.1, 0.15) is 0 Å². The largest absolute Gasteiger partial charge is 0.386 e. The molecule has 3 nitrogen and oxygen atoms in total. The van der Waals surface area contributed by atoms with Gasteiger partial charge in [0.05, 0.1) is 17.5 Å². The molecule has 0 saturated carbocycles. The minimum absolute atomic E-state index is 0.526. The predicted molar refractivity (Wildman–Crippen MR) is 75.4 cm³/mol. The fraction of sp³-hybridized carbons (Fsp3) is 0.357. The summed E-state index contributed by atoms with van der Waals surface area (Å²) in [6, 6.07) is 9.93. The van der Waals surface area contributed by atoms with E-state index >= 15 is 0 Å². The molecular weight excluding hydrogens is 292 g/mol. The third kappa shape index (κ3) is 2.82. The number of aliphatic hydroxyl groups is 1. The zero-order valence-electron chi connectivity index (χ0n) is 10.6. The number of hydrogen-bond donors (Lipinski definition) is 1. The number of benzene rings is 1. The minimum Gasteiger partial charge on any atom is -0.386 e. The first-order chi connectivity index (χ1) is 8.61.